The van der Waals surface area contributed by atoms with Crippen molar-refractivity contribution in [2.75, 3.05) is 11.9 Å². The molecule has 7 aliphatic rings. The molecule has 10 unspecified atom stereocenters. The fraction of sp³-hybridized carbons (Fsp3) is 0.500. The van der Waals surface area contributed by atoms with Crippen molar-refractivity contribution in [2.45, 2.75) is 147 Å². The highest BCUT2D eigenvalue weighted by molar-refractivity contribution is 7.23. The average molecular weight is 1030 g/mol. The number of nitrogens with zero attached hydrogens (tertiary/aromatic N) is 2. The number of aromatic nitrogens is 2. The predicted molar refractivity (Wildman–Crippen MR) is 297 cm³/mol. The first-order valence-corrected chi connectivity index (χ1v) is 29.1. The molecule has 10 nitrogen and oxygen atoms in total. The van der Waals surface area contributed by atoms with Gasteiger partial charge in [-0.15, -0.1) is 28.6 Å². The second-order valence-corrected chi connectivity index (χ2v) is 25.6. The maximum atomic E-state index is 15.8. The van der Waals surface area contributed by atoms with Crippen LogP contribution in [0.25, 0.3) is 15.8 Å². The molecule has 12 rings (SSSR count). The van der Waals surface area contributed by atoms with E-state index in [1.165, 1.54) is 30.4 Å². The Kier molecular flexibility index (Phi) is 13.2. The molecule has 9 bridgehead atoms. The molecular weight excluding hydrogens is 957 g/mol. The monoisotopic (exact) mass is 1030 g/mol. The van der Waals surface area contributed by atoms with Crippen LogP contribution in [-0.4, -0.2) is 67.4 Å². The van der Waals surface area contributed by atoms with E-state index in [2.05, 4.69) is 86.7 Å². The Labute approximate surface area is 444 Å². The zero-order valence-electron chi connectivity index (χ0n) is 42.8. The van der Waals surface area contributed by atoms with E-state index in [9.17, 15) is 15.3 Å². The third kappa shape index (κ3) is 9.02. The molecule has 0 amide bonds. The van der Waals surface area contributed by atoms with Crippen molar-refractivity contribution in [1.29, 1.82) is 0 Å². The molecule has 2 spiro atoms. The number of ketones is 1. The smallest absolute Gasteiger partial charge is 0.189 e. The van der Waals surface area contributed by atoms with Crippen LogP contribution in [0, 0.1) is 64.1 Å². The number of hydrogen-bond donors (Lipinski definition) is 7. The maximum Gasteiger partial charge on any atom is 0.189 e. The van der Waals surface area contributed by atoms with E-state index in [4.69, 9.17) is 10.7 Å². The largest absolute Gasteiger partial charge is 0.507 e. The minimum absolute atomic E-state index is 0.0696. The van der Waals surface area contributed by atoms with Crippen LogP contribution in [0.4, 0.5) is 5.69 Å². The van der Waals surface area contributed by atoms with Gasteiger partial charge < -0.3 is 36.7 Å². The Morgan fingerprint density at radius 3 is 2.66 bits per heavy atom. The van der Waals surface area contributed by atoms with Gasteiger partial charge in [-0.05, 0) is 166 Å². The van der Waals surface area contributed by atoms with Crippen molar-refractivity contribution >= 4 is 46.2 Å². The molecule has 2 aliphatic heterocycles. The summed E-state index contributed by atoms with van der Waals surface area (Å²) in [6.07, 6.45) is 22.5. The lowest BCUT2D eigenvalue weighted by molar-refractivity contribution is 0.0241. The number of Topliss-reactive ketones (excluding diaryl/α,β-unsaturated/α-hetero) is 1. The number of H-pyrrole nitrogens is 1. The highest BCUT2D eigenvalue weighted by Gasteiger charge is 2.64. The first kappa shape index (κ1) is 49.3. The standard InChI is InChI=1S/C62H70N6O4S2/c1-3-9-45-17-21-53(73-45)54-22-23-55(74-54)58(71)49-20-16-40-31-61(49)32-50(62(35-61)25-8-12-42(62)34-69)38-15-18-46-41(27-51(40)67-59(63)66-43-13-5-4-6-14-43)28-52(70)47-19-24-56(68-57(46)47)60(2,72)30-39-11-7-10-37(26-38)48(39)29-44-33-64-36-65-44/h7,10-11,17,19,21-24,28,33,36,38,40,42-43,49-51,56,68-70,72H,4-6,8,12-14,16,20,25-27,29-32,34-35H2,1-2H3,(H,64,65)(H3,63,66,67). The number of hydrogen-bond acceptors (Lipinski definition) is 9. The number of nitrogens with two attached hydrogens (primary N) is 1. The lowest BCUT2D eigenvalue weighted by Crippen LogP contribution is -2.46. The van der Waals surface area contributed by atoms with Crippen LogP contribution in [0.15, 0.2) is 72.1 Å². The van der Waals surface area contributed by atoms with Crippen LogP contribution in [0.5, 0.6) is 5.75 Å². The molecule has 5 aliphatic carbocycles. The van der Waals surface area contributed by atoms with Gasteiger partial charge in [0.05, 0.1) is 45.0 Å². The lowest BCUT2D eigenvalue weighted by atomic mass is 9.57. The third-order valence-electron chi connectivity index (χ3n) is 19.0. The van der Waals surface area contributed by atoms with E-state index < -0.39 is 11.6 Å². The Morgan fingerprint density at radius 1 is 1.00 bits per heavy atom. The molecule has 74 heavy (non-hydrogen) atoms. The van der Waals surface area contributed by atoms with Gasteiger partial charge in [0.2, 0.25) is 0 Å². The molecule has 5 heterocycles. The molecule has 4 saturated carbocycles. The molecule has 0 radical (unpaired) electrons. The summed E-state index contributed by atoms with van der Waals surface area (Å²) in [6.45, 7) is 3.87. The highest BCUT2D eigenvalue weighted by atomic mass is 32.1. The number of anilines is 1. The van der Waals surface area contributed by atoms with Gasteiger partial charge in [-0.2, -0.15) is 0 Å². The SMILES string of the molecule is CC#Cc1ccc(-c2ccc(C(=O)C3CCC4CC35CC(C3C#Cc6c(cc(O)c7c6NC(C=C7)C(C)(O)Cc6cccc(c6Cc6cnc[nH]6)C3)CC4N=C(N)NC3CCCCC3)C3(CCCC3CO)C5)s2)s1. The Hall–Kier alpha value is -5.63. The van der Waals surface area contributed by atoms with E-state index >= 15 is 4.79 Å². The van der Waals surface area contributed by atoms with E-state index in [1.807, 2.05) is 38.3 Å². The third-order valence-corrected chi connectivity index (χ3v) is 21.3. The first-order valence-electron chi connectivity index (χ1n) is 27.4. The Morgan fingerprint density at radius 2 is 1.84 bits per heavy atom. The Bertz CT molecular complexity index is 3140. The van der Waals surface area contributed by atoms with E-state index in [0.29, 0.717) is 37.2 Å². The average Bonchev–Trinajstić information content (AvgIpc) is 4.27. The van der Waals surface area contributed by atoms with Crippen LogP contribution < -0.4 is 16.4 Å². The van der Waals surface area contributed by atoms with Gasteiger partial charge in [0.1, 0.15) is 5.75 Å². The number of aliphatic hydroxyl groups is 2. The number of aliphatic imine (C=N–C) groups is 1. The van der Waals surface area contributed by atoms with Crippen molar-refractivity contribution < 1.29 is 20.1 Å². The van der Waals surface area contributed by atoms with E-state index in [0.717, 1.165) is 112 Å². The molecule has 4 fully saturated rings. The summed E-state index contributed by atoms with van der Waals surface area (Å²) in [7, 11) is 0. The number of aromatic amines is 1. The number of guanidine groups is 1. The normalized spacial score (nSPS) is 31.2. The van der Waals surface area contributed by atoms with Crippen LogP contribution in [-0.2, 0) is 25.7 Å². The summed E-state index contributed by atoms with van der Waals surface area (Å²) >= 11 is 3.28. The summed E-state index contributed by atoms with van der Waals surface area (Å²) in [6, 6.07) is 16.4. The quantitative estimate of drug-likeness (QED) is 0.0349. The summed E-state index contributed by atoms with van der Waals surface area (Å²) in [5.41, 5.74) is 12.8. The van der Waals surface area contributed by atoms with E-state index in [1.54, 1.807) is 29.0 Å². The molecule has 10 atom stereocenters. The van der Waals surface area contributed by atoms with E-state index in [-0.39, 0.29) is 70.6 Å². The summed E-state index contributed by atoms with van der Waals surface area (Å²) < 4.78 is 0. The number of aliphatic hydroxyl groups excluding tert-OH is 1. The van der Waals surface area contributed by atoms with Gasteiger partial charge in [-0.1, -0.05) is 73.8 Å². The minimum atomic E-state index is -1.23. The zero-order chi connectivity index (χ0) is 50.8. The van der Waals surface area contributed by atoms with Crippen molar-refractivity contribution in [3.63, 3.8) is 0 Å². The van der Waals surface area contributed by atoms with Gasteiger partial charge in [-0.25, -0.2) is 9.98 Å². The van der Waals surface area contributed by atoms with Crippen molar-refractivity contribution in [2.24, 2.45) is 51.1 Å². The Balaban J connectivity index is 1.05. The number of fused-ring (bicyclic) bond motifs is 8. The molecule has 3 aromatic heterocycles. The number of thiophene rings is 2. The molecular formula is C62H70N6O4S2. The van der Waals surface area contributed by atoms with Gasteiger partial charge in [0.15, 0.2) is 11.7 Å². The number of aromatic hydroxyl groups is 1. The molecule has 8 N–H and O–H groups in total. The number of carbonyl (C=O) groups is 1. The second kappa shape index (κ2) is 19.8. The van der Waals surface area contributed by atoms with Gasteiger partial charge in [0, 0.05) is 64.5 Å². The number of phenolic OH excluding ortho intramolecular Hbond substituents is 1. The van der Waals surface area contributed by atoms with Crippen molar-refractivity contribution in [3.05, 3.63) is 116 Å². The van der Waals surface area contributed by atoms with Crippen LogP contribution in [0.1, 0.15) is 151 Å². The van der Waals surface area contributed by atoms with Crippen LogP contribution in [0.2, 0.25) is 0 Å². The zero-order valence-corrected chi connectivity index (χ0v) is 44.4. The molecule has 0 saturated heterocycles. The van der Waals surface area contributed by atoms with Crippen LogP contribution in [0.3, 0.4) is 0 Å². The minimum Gasteiger partial charge on any atom is -0.507 e. The first-order chi connectivity index (χ1) is 35.9. The summed E-state index contributed by atoms with van der Waals surface area (Å²) in [5.74, 6) is 14.9. The molecule has 5 aromatic rings. The topological polar surface area (TPSA) is 169 Å². The number of phenols is 1. The predicted octanol–water partition coefficient (Wildman–Crippen LogP) is 10.8. The highest BCUT2D eigenvalue weighted by Crippen LogP contribution is 2.70. The van der Waals surface area contributed by atoms with Crippen LogP contribution >= 0.6 is 22.7 Å². The second-order valence-electron chi connectivity index (χ2n) is 23.4. The summed E-state index contributed by atoms with van der Waals surface area (Å²) in [5, 5.41) is 43.8. The van der Waals surface area contributed by atoms with Crippen molar-refractivity contribution in [1.82, 2.24) is 15.3 Å². The van der Waals surface area contributed by atoms with Gasteiger partial charge >= 0.3 is 0 Å². The lowest BCUT2D eigenvalue weighted by Gasteiger charge is -2.47. The molecule has 12 heteroatoms. The molecule has 384 valence electrons. The number of rotatable bonds is 8. The van der Waals surface area contributed by atoms with Gasteiger partial charge in [-0.3, -0.25) is 4.79 Å². The number of nitrogens with one attached hydrogen (secondary N) is 3. The molecule has 2 aromatic carbocycles. The number of carbonyl (C=O) groups excluding carboxylic acids is 1. The fourth-order valence-electron chi connectivity index (χ4n) is 15.6. The van der Waals surface area contributed by atoms with Gasteiger partial charge in [0.25, 0.3) is 0 Å². The van der Waals surface area contributed by atoms with Crippen molar-refractivity contribution in [3.8, 4) is 39.2 Å². The fourth-order valence-corrected chi connectivity index (χ4v) is 17.6. The number of benzene rings is 2. The summed E-state index contributed by atoms with van der Waals surface area (Å²) in [4.78, 5) is 33.1. The number of imidazole rings is 1. The maximum absolute atomic E-state index is 15.8.